The van der Waals surface area contributed by atoms with Crippen LogP contribution >= 0.6 is 11.6 Å². The molecule has 1 fully saturated rings. The summed E-state index contributed by atoms with van der Waals surface area (Å²) in [5.41, 5.74) is 3.22. The number of aliphatic hydroxyl groups is 1. The standard InChI is InChI=1S/C23H21ClN4O3/c1-13-18(14(2)27(3)26-13)21(29)19-20(16-6-8-17(24)9-7-16)28(23(31)22(19)30)12-15-5-4-10-25-11-15/h4-11,20,29H,12H2,1-3H3/t20-/m0/s1. The van der Waals surface area contributed by atoms with Crippen LogP contribution < -0.4 is 0 Å². The smallest absolute Gasteiger partial charge is 0.295 e. The van der Waals surface area contributed by atoms with Crippen molar-refractivity contribution in [1.82, 2.24) is 19.7 Å². The number of carbonyl (C=O) groups excluding carboxylic acids is 2. The summed E-state index contributed by atoms with van der Waals surface area (Å²) in [6.07, 6.45) is 3.29. The lowest BCUT2D eigenvalue weighted by molar-refractivity contribution is -0.140. The Kier molecular flexibility index (Phi) is 5.37. The summed E-state index contributed by atoms with van der Waals surface area (Å²) in [6.45, 7) is 3.73. The van der Waals surface area contributed by atoms with Gasteiger partial charge in [0, 0.05) is 36.7 Å². The first kappa shape index (κ1) is 20.8. The third-order valence-corrected chi connectivity index (χ3v) is 5.80. The van der Waals surface area contributed by atoms with Crippen molar-refractivity contribution in [3.8, 4) is 0 Å². The van der Waals surface area contributed by atoms with Crippen molar-refractivity contribution in [3.05, 3.63) is 87.5 Å². The molecule has 1 aromatic carbocycles. The quantitative estimate of drug-likeness (QED) is 0.382. The van der Waals surface area contributed by atoms with Gasteiger partial charge in [-0.3, -0.25) is 19.3 Å². The SMILES string of the molecule is Cc1nn(C)c(C)c1C(O)=C1C(=O)C(=O)N(Cc2cccnc2)[C@H]1c1ccc(Cl)cc1. The zero-order valence-corrected chi connectivity index (χ0v) is 18.1. The van der Waals surface area contributed by atoms with E-state index in [4.69, 9.17) is 11.6 Å². The fourth-order valence-corrected chi connectivity index (χ4v) is 4.10. The molecule has 0 unspecified atom stereocenters. The molecular formula is C23H21ClN4O3. The van der Waals surface area contributed by atoms with Crippen LogP contribution in [-0.4, -0.2) is 36.5 Å². The Labute approximate surface area is 184 Å². The summed E-state index contributed by atoms with van der Waals surface area (Å²) in [7, 11) is 1.76. The molecule has 1 atom stereocenters. The number of rotatable bonds is 4. The Balaban J connectivity index is 1.91. The summed E-state index contributed by atoms with van der Waals surface area (Å²) >= 11 is 6.05. The molecule has 0 bridgehead atoms. The Morgan fingerprint density at radius 1 is 1.16 bits per heavy atom. The Morgan fingerprint density at radius 3 is 2.45 bits per heavy atom. The number of aliphatic hydroxyl groups excluding tert-OH is 1. The van der Waals surface area contributed by atoms with Gasteiger partial charge in [0.25, 0.3) is 11.7 Å². The Bertz CT molecular complexity index is 1200. The molecule has 0 radical (unpaired) electrons. The van der Waals surface area contributed by atoms with Crippen molar-refractivity contribution in [2.45, 2.75) is 26.4 Å². The monoisotopic (exact) mass is 436 g/mol. The number of carbonyl (C=O) groups is 2. The first-order valence-corrected chi connectivity index (χ1v) is 10.1. The summed E-state index contributed by atoms with van der Waals surface area (Å²) < 4.78 is 1.63. The number of ketones is 1. The molecule has 1 aliphatic heterocycles. The van der Waals surface area contributed by atoms with Crippen LogP contribution in [0.5, 0.6) is 0 Å². The number of hydrogen-bond donors (Lipinski definition) is 1. The number of likely N-dealkylation sites (tertiary alicyclic amines) is 1. The van der Waals surface area contributed by atoms with E-state index in [1.54, 1.807) is 68.3 Å². The zero-order valence-electron chi connectivity index (χ0n) is 17.3. The van der Waals surface area contributed by atoms with Crippen molar-refractivity contribution in [2.24, 2.45) is 7.05 Å². The average molecular weight is 437 g/mol. The molecule has 7 nitrogen and oxygen atoms in total. The van der Waals surface area contributed by atoms with Gasteiger partial charge in [0.2, 0.25) is 0 Å². The molecule has 1 aliphatic rings. The maximum atomic E-state index is 13.1. The van der Waals surface area contributed by atoms with Crippen LogP contribution in [0.3, 0.4) is 0 Å². The third-order valence-electron chi connectivity index (χ3n) is 5.55. The minimum atomic E-state index is -0.767. The molecule has 158 valence electrons. The van der Waals surface area contributed by atoms with Crippen LogP contribution in [0.4, 0.5) is 0 Å². The Morgan fingerprint density at radius 2 is 1.87 bits per heavy atom. The van der Waals surface area contributed by atoms with Crippen LogP contribution in [0.2, 0.25) is 5.02 Å². The molecule has 0 aliphatic carbocycles. The zero-order chi connectivity index (χ0) is 22.3. The minimum Gasteiger partial charge on any atom is -0.507 e. The highest BCUT2D eigenvalue weighted by Gasteiger charge is 2.46. The molecule has 1 amide bonds. The molecular weight excluding hydrogens is 416 g/mol. The Hall–Kier alpha value is -3.45. The second-order valence-electron chi connectivity index (χ2n) is 7.51. The van der Waals surface area contributed by atoms with Crippen LogP contribution in [0.15, 0.2) is 54.4 Å². The second-order valence-corrected chi connectivity index (χ2v) is 7.95. The molecule has 1 N–H and O–H groups in total. The summed E-state index contributed by atoms with van der Waals surface area (Å²) in [6, 6.07) is 9.74. The van der Waals surface area contributed by atoms with Gasteiger partial charge in [0.05, 0.1) is 22.9 Å². The van der Waals surface area contributed by atoms with Gasteiger partial charge in [0.1, 0.15) is 5.76 Å². The molecule has 8 heteroatoms. The number of nitrogens with zero attached hydrogens (tertiary/aromatic N) is 4. The van der Waals surface area contributed by atoms with E-state index in [0.29, 0.717) is 27.5 Å². The number of aryl methyl sites for hydroxylation is 2. The van der Waals surface area contributed by atoms with Crippen molar-refractivity contribution in [2.75, 3.05) is 0 Å². The third kappa shape index (κ3) is 3.61. The van der Waals surface area contributed by atoms with E-state index >= 15 is 0 Å². The van der Waals surface area contributed by atoms with Gasteiger partial charge in [-0.1, -0.05) is 29.8 Å². The molecule has 1 saturated heterocycles. The molecule has 0 spiro atoms. The minimum absolute atomic E-state index is 0.0374. The summed E-state index contributed by atoms with van der Waals surface area (Å²) in [4.78, 5) is 31.7. The van der Waals surface area contributed by atoms with Gasteiger partial charge in [-0.05, 0) is 43.2 Å². The number of amides is 1. The predicted octanol–water partition coefficient (Wildman–Crippen LogP) is 3.71. The van der Waals surface area contributed by atoms with E-state index in [9.17, 15) is 14.7 Å². The van der Waals surface area contributed by atoms with Crippen LogP contribution in [0, 0.1) is 13.8 Å². The van der Waals surface area contributed by atoms with Gasteiger partial charge >= 0.3 is 0 Å². The van der Waals surface area contributed by atoms with Crippen LogP contribution in [-0.2, 0) is 23.2 Å². The molecule has 2 aromatic heterocycles. The van der Waals surface area contributed by atoms with E-state index in [1.807, 2.05) is 6.07 Å². The van der Waals surface area contributed by atoms with E-state index in [0.717, 1.165) is 5.56 Å². The lowest BCUT2D eigenvalue weighted by atomic mass is 9.94. The summed E-state index contributed by atoms with van der Waals surface area (Å²) in [5.74, 6) is -1.64. The fourth-order valence-electron chi connectivity index (χ4n) is 3.97. The van der Waals surface area contributed by atoms with Gasteiger partial charge in [-0.15, -0.1) is 0 Å². The molecule has 3 aromatic rings. The van der Waals surface area contributed by atoms with E-state index in [1.165, 1.54) is 4.90 Å². The first-order chi connectivity index (χ1) is 14.8. The van der Waals surface area contributed by atoms with E-state index in [2.05, 4.69) is 10.1 Å². The molecule has 0 saturated carbocycles. The lowest BCUT2D eigenvalue weighted by Gasteiger charge is -2.25. The lowest BCUT2D eigenvalue weighted by Crippen LogP contribution is -2.29. The maximum absolute atomic E-state index is 13.1. The number of aromatic nitrogens is 3. The second kappa shape index (κ2) is 8.00. The topological polar surface area (TPSA) is 88.3 Å². The van der Waals surface area contributed by atoms with E-state index < -0.39 is 17.7 Å². The first-order valence-electron chi connectivity index (χ1n) is 9.73. The number of benzene rings is 1. The molecule has 31 heavy (non-hydrogen) atoms. The average Bonchev–Trinajstić information content (AvgIpc) is 3.15. The summed E-state index contributed by atoms with van der Waals surface area (Å²) in [5, 5.41) is 16.1. The predicted molar refractivity (Wildman–Crippen MR) is 116 cm³/mol. The van der Waals surface area contributed by atoms with Crippen molar-refractivity contribution >= 4 is 29.1 Å². The van der Waals surface area contributed by atoms with Crippen molar-refractivity contribution < 1.29 is 14.7 Å². The fraction of sp³-hybridized carbons (Fsp3) is 0.217. The van der Waals surface area contributed by atoms with Gasteiger partial charge in [-0.25, -0.2) is 0 Å². The van der Waals surface area contributed by atoms with E-state index in [-0.39, 0.29) is 17.9 Å². The number of hydrogen-bond acceptors (Lipinski definition) is 5. The van der Waals surface area contributed by atoms with Crippen molar-refractivity contribution in [1.29, 1.82) is 0 Å². The van der Waals surface area contributed by atoms with Crippen LogP contribution in [0.25, 0.3) is 5.76 Å². The van der Waals surface area contributed by atoms with Gasteiger partial charge in [0.15, 0.2) is 0 Å². The van der Waals surface area contributed by atoms with Crippen molar-refractivity contribution in [3.63, 3.8) is 0 Å². The highest BCUT2D eigenvalue weighted by molar-refractivity contribution is 6.46. The highest BCUT2D eigenvalue weighted by Crippen LogP contribution is 2.41. The van der Waals surface area contributed by atoms with Gasteiger partial charge < -0.3 is 10.0 Å². The number of halogens is 1. The molecule has 4 rings (SSSR count). The number of Topliss-reactive ketones (excluding diaryl/α,β-unsaturated/α-hetero) is 1. The number of pyridine rings is 1. The van der Waals surface area contributed by atoms with Crippen LogP contribution in [0.1, 0.15) is 34.1 Å². The largest absolute Gasteiger partial charge is 0.507 e. The normalized spacial score (nSPS) is 18.1. The molecule has 3 heterocycles. The highest BCUT2D eigenvalue weighted by atomic mass is 35.5. The van der Waals surface area contributed by atoms with Gasteiger partial charge in [-0.2, -0.15) is 5.10 Å². The maximum Gasteiger partial charge on any atom is 0.295 e.